The Kier molecular flexibility index (Phi) is 8.72. The van der Waals surface area contributed by atoms with Gasteiger partial charge in [-0.05, 0) is 73.9 Å². The number of aryl methyl sites for hydroxylation is 1. The molecule has 3 heterocycles. The smallest absolute Gasteiger partial charge is 0.338 e. The lowest BCUT2D eigenvalue weighted by Crippen LogP contribution is -2.39. The highest BCUT2D eigenvalue weighted by Crippen LogP contribution is 2.37. The standard InChI is InChI=1S/C41H35N3O4S/c1-5-48-40(46)36-27(3)42-41-44(38(36)30-17-12-18-33(23-30)47-4)39(45)35(49-41)25-31-24-34(28-13-8-6-9-14-28)43(32-21-19-26(2)20-22-32)37(31)29-15-10-7-11-16-29/h6-25,38H,5H2,1-4H3/b35-25+/t38-/m1/s1. The second-order valence-corrected chi connectivity index (χ2v) is 12.8. The summed E-state index contributed by atoms with van der Waals surface area (Å²) in [7, 11) is 1.59. The molecule has 244 valence electrons. The fourth-order valence-electron chi connectivity index (χ4n) is 6.37. The molecule has 7 rings (SSSR count). The number of carbonyl (C=O) groups is 1. The third-order valence-electron chi connectivity index (χ3n) is 8.65. The average molecular weight is 666 g/mol. The van der Waals surface area contributed by atoms with E-state index in [4.69, 9.17) is 14.5 Å². The molecule has 49 heavy (non-hydrogen) atoms. The van der Waals surface area contributed by atoms with Gasteiger partial charge in [0, 0.05) is 11.3 Å². The van der Waals surface area contributed by atoms with Gasteiger partial charge in [0.2, 0.25) is 0 Å². The Balaban J connectivity index is 1.51. The van der Waals surface area contributed by atoms with Gasteiger partial charge in [0.25, 0.3) is 5.56 Å². The van der Waals surface area contributed by atoms with Crippen molar-refractivity contribution < 1.29 is 14.3 Å². The number of esters is 1. The Morgan fingerprint density at radius 1 is 0.878 bits per heavy atom. The summed E-state index contributed by atoms with van der Waals surface area (Å²) in [6.45, 7) is 5.83. The molecule has 0 N–H and O–H groups in total. The molecule has 0 bridgehead atoms. The van der Waals surface area contributed by atoms with Crippen molar-refractivity contribution in [2.24, 2.45) is 4.99 Å². The molecule has 1 aliphatic rings. The van der Waals surface area contributed by atoms with Gasteiger partial charge < -0.3 is 14.0 Å². The van der Waals surface area contributed by atoms with E-state index in [2.05, 4.69) is 66.1 Å². The van der Waals surface area contributed by atoms with E-state index in [9.17, 15) is 9.59 Å². The molecule has 0 aliphatic carbocycles. The largest absolute Gasteiger partial charge is 0.497 e. The highest BCUT2D eigenvalue weighted by atomic mass is 32.1. The number of benzene rings is 4. The molecule has 4 aromatic carbocycles. The minimum absolute atomic E-state index is 0.203. The van der Waals surface area contributed by atoms with Gasteiger partial charge in [0.05, 0.1) is 46.9 Å². The number of hydrogen-bond donors (Lipinski definition) is 0. The Bertz CT molecular complexity index is 2390. The number of thiazole rings is 1. The molecule has 7 nitrogen and oxygen atoms in total. The second kappa shape index (κ2) is 13.4. The van der Waals surface area contributed by atoms with E-state index in [-0.39, 0.29) is 12.2 Å². The van der Waals surface area contributed by atoms with Crippen molar-refractivity contribution in [2.75, 3.05) is 13.7 Å². The number of fused-ring (bicyclic) bond motifs is 1. The van der Waals surface area contributed by atoms with Crippen LogP contribution in [-0.2, 0) is 9.53 Å². The van der Waals surface area contributed by atoms with Crippen LogP contribution in [0.2, 0.25) is 0 Å². The van der Waals surface area contributed by atoms with Gasteiger partial charge in [-0.1, -0.05) is 102 Å². The zero-order valence-electron chi connectivity index (χ0n) is 27.7. The monoisotopic (exact) mass is 665 g/mol. The molecule has 0 unspecified atom stereocenters. The second-order valence-electron chi connectivity index (χ2n) is 11.8. The van der Waals surface area contributed by atoms with Gasteiger partial charge in [0.1, 0.15) is 5.75 Å². The molecular weight excluding hydrogens is 631 g/mol. The number of allylic oxidation sites excluding steroid dienone is 1. The lowest BCUT2D eigenvalue weighted by atomic mass is 9.95. The van der Waals surface area contributed by atoms with Gasteiger partial charge in [-0.3, -0.25) is 9.36 Å². The van der Waals surface area contributed by atoms with Gasteiger partial charge in [-0.2, -0.15) is 0 Å². The van der Waals surface area contributed by atoms with E-state index in [0.29, 0.717) is 26.4 Å². The third-order valence-corrected chi connectivity index (χ3v) is 9.64. The predicted octanol–water partition coefficient (Wildman–Crippen LogP) is 7.24. The first-order chi connectivity index (χ1) is 23.9. The first kappa shape index (κ1) is 31.8. The summed E-state index contributed by atoms with van der Waals surface area (Å²) in [5.74, 6) is 0.121. The van der Waals surface area contributed by atoms with Crippen molar-refractivity contribution in [3.8, 4) is 34.0 Å². The molecule has 0 fully saturated rings. The van der Waals surface area contributed by atoms with Crippen molar-refractivity contribution in [1.82, 2.24) is 9.13 Å². The summed E-state index contributed by atoms with van der Waals surface area (Å²) < 4.78 is 15.4. The van der Waals surface area contributed by atoms with Crippen LogP contribution in [0.25, 0.3) is 34.3 Å². The molecule has 0 radical (unpaired) electrons. The first-order valence-electron chi connectivity index (χ1n) is 16.1. The van der Waals surface area contributed by atoms with Crippen LogP contribution in [0.1, 0.15) is 36.6 Å². The van der Waals surface area contributed by atoms with E-state index in [1.165, 1.54) is 16.9 Å². The number of hydrogen-bond acceptors (Lipinski definition) is 6. The Morgan fingerprint density at radius 3 is 2.24 bits per heavy atom. The molecule has 6 aromatic rings. The molecule has 8 heteroatoms. The highest BCUT2D eigenvalue weighted by Gasteiger charge is 2.33. The normalized spacial score (nSPS) is 14.4. The summed E-state index contributed by atoms with van der Waals surface area (Å²) in [4.78, 5) is 33.3. The quantitative estimate of drug-likeness (QED) is 0.161. The topological polar surface area (TPSA) is 74.8 Å². The molecule has 0 saturated heterocycles. The summed E-state index contributed by atoms with van der Waals surface area (Å²) in [5.41, 5.74) is 8.42. The van der Waals surface area contributed by atoms with Gasteiger partial charge in [-0.25, -0.2) is 9.79 Å². The minimum atomic E-state index is -0.738. The lowest BCUT2D eigenvalue weighted by molar-refractivity contribution is -0.139. The number of methoxy groups -OCH3 is 1. The first-order valence-corrected chi connectivity index (χ1v) is 17.0. The summed E-state index contributed by atoms with van der Waals surface area (Å²) in [6.07, 6.45) is 1.95. The number of ether oxygens (including phenoxy) is 2. The lowest BCUT2D eigenvalue weighted by Gasteiger charge is -2.25. The molecule has 0 saturated carbocycles. The molecule has 0 amide bonds. The SMILES string of the molecule is CCOC(=O)C1=C(C)N=c2s/c(=C/c3cc(-c4ccccc4)n(-c4ccc(C)cc4)c3-c3ccccc3)c(=O)n2[C@@H]1c1cccc(OC)c1. The number of rotatable bonds is 8. The molecule has 1 aliphatic heterocycles. The van der Waals surface area contributed by atoms with Crippen LogP contribution in [-0.4, -0.2) is 28.8 Å². The van der Waals surface area contributed by atoms with Crippen LogP contribution in [0, 0.1) is 6.92 Å². The van der Waals surface area contributed by atoms with Crippen LogP contribution in [0.3, 0.4) is 0 Å². The maximum atomic E-state index is 14.6. The Hall–Kier alpha value is -5.73. The minimum Gasteiger partial charge on any atom is -0.497 e. The Morgan fingerprint density at radius 2 is 1.57 bits per heavy atom. The maximum absolute atomic E-state index is 14.6. The fraction of sp³-hybridized carbons (Fsp3) is 0.146. The molecular formula is C41H35N3O4S. The molecule has 1 atom stereocenters. The summed E-state index contributed by atoms with van der Waals surface area (Å²) in [6, 6.07) is 37.8. The summed E-state index contributed by atoms with van der Waals surface area (Å²) >= 11 is 1.31. The van der Waals surface area contributed by atoms with Crippen molar-refractivity contribution in [2.45, 2.75) is 26.8 Å². The number of aromatic nitrogens is 2. The van der Waals surface area contributed by atoms with E-state index in [1.807, 2.05) is 66.7 Å². The average Bonchev–Trinajstić information content (AvgIpc) is 3.65. The van der Waals surface area contributed by atoms with Gasteiger partial charge in [-0.15, -0.1) is 0 Å². The zero-order chi connectivity index (χ0) is 34.1. The Labute approximate surface area is 288 Å². The van der Waals surface area contributed by atoms with E-state index in [1.54, 1.807) is 25.5 Å². The highest BCUT2D eigenvalue weighted by molar-refractivity contribution is 7.07. The molecule has 2 aromatic heterocycles. The van der Waals surface area contributed by atoms with Crippen molar-refractivity contribution >= 4 is 23.4 Å². The van der Waals surface area contributed by atoms with Crippen molar-refractivity contribution in [1.29, 1.82) is 0 Å². The van der Waals surface area contributed by atoms with Crippen LogP contribution in [0.4, 0.5) is 0 Å². The number of carbonyl (C=O) groups excluding carboxylic acids is 1. The van der Waals surface area contributed by atoms with Crippen molar-refractivity contribution in [3.05, 3.63) is 163 Å². The van der Waals surface area contributed by atoms with Crippen molar-refractivity contribution in [3.63, 3.8) is 0 Å². The van der Waals surface area contributed by atoms with Crippen LogP contribution in [0.5, 0.6) is 5.75 Å². The zero-order valence-corrected chi connectivity index (χ0v) is 28.5. The summed E-state index contributed by atoms with van der Waals surface area (Å²) in [5, 5.41) is 0. The van der Waals surface area contributed by atoms with Gasteiger partial charge >= 0.3 is 5.97 Å². The molecule has 0 spiro atoms. The van der Waals surface area contributed by atoms with Gasteiger partial charge in [0.15, 0.2) is 4.80 Å². The number of nitrogens with zero attached hydrogens (tertiary/aromatic N) is 3. The maximum Gasteiger partial charge on any atom is 0.338 e. The van der Waals surface area contributed by atoms with E-state index in [0.717, 1.165) is 39.3 Å². The van der Waals surface area contributed by atoms with E-state index < -0.39 is 12.0 Å². The van der Waals surface area contributed by atoms with Crippen LogP contribution < -0.4 is 19.6 Å². The van der Waals surface area contributed by atoms with Crippen LogP contribution in [0.15, 0.2) is 136 Å². The fourth-order valence-corrected chi connectivity index (χ4v) is 7.41. The van der Waals surface area contributed by atoms with Crippen LogP contribution >= 0.6 is 11.3 Å². The predicted molar refractivity (Wildman–Crippen MR) is 195 cm³/mol. The van der Waals surface area contributed by atoms with E-state index >= 15 is 0 Å². The third kappa shape index (κ3) is 5.96.